The largest absolute Gasteiger partial charge is 0.353 e. The first-order chi connectivity index (χ1) is 13.8. The summed E-state index contributed by atoms with van der Waals surface area (Å²) in [5.74, 6) is 0.781. The van der Waals surface area contributed by atoms with Gasteiger partial charge in [0.25, 0.3) is 5.91 Å². The van der Waals surface area contributed by atoms with Gasteiger partial charge >= 0.3 is 0 Å². The number of halogens is 2. The highest BCUT2D eigenvalue weighted by atomic mass is 35.5. The second kappa shape index (κ2) is 7.85. The fraction of sp³-hybridized carbons (Fsp3) is 0.350. The van der Waals surface area contributed by atoms with Crippen LogP contribution < -0.4 is 10.2 Å². The number of aryl methyl sites for hydroxylation is 2. The molecular formula is C20H21ClFN5OS. The van der Waals surface area contributed by atoms with Crippen molar-refractivity contribution in [2.45, 2.75) is 13.8 Å². The van der Waals surface area contributed by atoms with Crippen molar-refractivity contribution in [2.75, 3.05) is 43.4 Å². The highest BCUT2D eigenvalue weighted by Gasteiger charge is 2.24. The fourth-order valence-electron chi connectivity index (χ4n) is 3.45. The first-order valence-corrected chi connectivity index (χ1v) is 10.5. The summed E-state index contributed by atoms with van der Waals surface area (Å²) in [7, 11) is 2.11. The molecule has 0 saturated carbocycles. The van der Waals surface area contributed by atoms with Crippen molar-refractivity contribution in [1.29, 1.82) is 0 Å². The summed E-state index contributed by atoms with van der Waals surface area (Å²) in [6, 6.07) is 4.12. The summed E-state index contributed by atoms with van der Waals surface area (Å²) in [5.41, 5.74) is 1.30. The molecule has 3 aromatic rings. The average Bonchev–Trinajstić information content (AvgIpc) is 3.01. The third kappa shape index (κ3) is 3.92. The van der Waals surface area contributed by atoms with E-state index < -0.39 is 5.82 Å². The molecule has 0 radical (unpaired) electrons. The summed E-state index contributed by atoms with van der Waals surface area (Å²) >= 11 is 7.17. The molecule has 29 heavy (non-hydrogen) atoms. The summed E-state index contributed by atoms with van der Waals surface area (Å²) in [6.07, 6.45) is 0. The molecule has 1 fully saturated rings. The maximum absolute atomic E-state index is 13.4. The minimum Gasteiger partial charge on any atom is -0.353 e. The number of hydrogen-bond donors (Lipinski definition) is 1. The number of nitrogens with one attached hydrogen (secondary N) is 1. The van der Waals surface area contributed by atoms with E-state index in [0.29, 0.717) is 16.4 Å². The van der Waals surface area contributed by atoms with Gasteiger partial charge in [-0.15, -0.1) is 11.3 Å². The van der Waals surface area contributed by atoms with E-state index >= 15 is 0 Å². The number of likely N-dealkylation sites (N-methyl/N-ethyl adjacent to an activating group) is 1. The molecule has 0 bridgehead atoms. The van der Waals surface area contributed by atoms with Crippen LogP contribution in [0.25, 0.3) is 10.2 Å². The molecule has 0 unspecified atom stereocenters. The summed E-state index contributed by atoms with van der Waals surface area (Å²) < 4.78 is 13.4. The van der Waals surface area contributed by atoms with Gasteiger partial charge in [-0.25, -0.2) is 14.4 Å². The van der Waals surface area contributed by atoms with Gasteiger partial charge in [0.05, 0.1) is 15.3 Å². The van der Waals surface area contributed by atoms with Crippen LogP contribution in [-0.4, -0.2) is 54.0 Å². The van der Waals surface area contributed by atoms with Crippen LogP contribution in [0.5, 0.6) is 0 Å². The molecule has 1 saturated heterocycles. The first kappa shape index (κ1) is 20.0. The third-order valence-corrected chi connectivity index (χ3v) is 6.54. The Morgan fingerprint density at radius 3 is 2.62 bits per heavy atom. The SMILES string of the molecule is Cc1nc(N2CCN(C)CC2)c2c(C)c(C(=O)Nc3ccc(F)c(Cl)c3)sc2n1. The molecular weight excluding hydrogens is 413 g/mol. The smallest absolute Gasteiger partial charge is 0.266 e. The standard InChI is InChI=1S/C20H21ClFN5OS/c1-11-16-18(27-8-6-26(3)7-9-27)23-12(2)24-20(16)29-17(11)19(28)25-13-4-5-15(22)14(21)10-13/h4-5,10H,6-9H2,1-3H3,(H,25,28). The van der Waals surface area contributed by atoms with Crippen molar-refractivity contribution in [2.24, 2.45) is 0 Å². The number of hydrogen-bond acceptors (Lipinski definition) is 6. The maximum Gasteiger partial charge on any atom is 0.266 e. The van der Waals surface area contributed by atoms with Crippen LogP contribution in [0.1, 0.15) is 21.1 Å². The second-order valence-corrected chi connectivity index (χ2v) is 8.61. The molecule has 1 aliphatic heterocycles. The van der Waals surface area contributed by atoms with E-state index in [1.54, 1.807) is 0 Å². The Bertz CT molecular complexity index is 1090. The van der Waals surface area contributed by atoms with Crippen LogP contribution in [0.2, 0.25) is 5.02 Å². The zero-order chi connectivity index (χ0) is 20.7. The molecule has 1 aromatic carbocycles. The first-order valence-electron chi connectivity index (χ1n) is 9.31. The lowest BCUT2D eigenvalue weighted by molar-refractivity contribution is 0.103. The number of thiophene rings is 1. The van der Waals surface area contributed by atoms with Crippen molar-refractivity contribution in [1.82, 2.24) is 14.9 Å². The van der Waals surface area contributed by atoms with Gasteiger partial charge in [-0.2, -0.15) is 0 Å². The van der Waals surface area contributed by atoms with Crippen molar-refractivity contribution in [3.05, 3.63) is 45.3 Å². The molecule has 3 heterocycles. The number of carbonyl (C=O) groups is 1. The van der Waals surface area contributed by atoms with Crippen molar-refractivity contribution in [3.8, 4) is 0 Å². The van der Waals surface area contributed by atoms with E-state index in [-0.39, 0.29) is 10.9 Å². The van der Waals surface area contributed by atoms with E-state index in [1.807, 2.05) is 13.8 Å². The number of anilines is 2. The number of benzene rings is 1. The zero-order valence-corrected chi connectivity index (χ0v) is 18.0. The van der Waals surface area contributed by atoms with Crippen LogP contribution in [0, 0.1) is 19.7 Å². The lowest BCUT2D eigenvalue weighted by atomic mass is 10.1. The highest BCUT2D eigenvalue weighted by molar-refractivity contribution is 7.20. The van der Waals surface area contributed by atoms with Gasteiger partial charge in [0.1, 0.15) is 22.3 Å². The molecule has 0 atom stereocenters. The zero-order valence-electron chi connectivity index (χ0n) is 16.4. The Hall–Kier alpha value is -2.29. The summed E-state index contributed by atoms with van der Waals surface area (Å²) in [5, 5.41) is 3.69. The fourth-order valence-corrected chi connectivity index (χ4v) is 4.74. The van der Waals surface area contributed by atoms with Crippen molar-refractivity contribution in [3.63, 3.8) is 0 Å². The van der Waals surface area contributed by atoms with Crippen LogP contribution in [0.15, 0.2) is 18.2 Å². The molecule has 1 aliphatic rings. The molecule has 0 aliphatic carbocycles. The van der Waals surface area contributed by atoms with Crippen LogP contribution in [0.4, 0.5) is 15.9 Å². The lowest BCUT2D eigenvalue weighted by Gasteiger charge is -2.33. The van der Waals surface area contributed by atoms with E-state index in [1.165, 1.54) is 29.5 Å². The number of rotatable bonds is 3. The molecule has 9 heteroatoms. The molecule has 4 rings (SSSR count). The predicted molar refractivity (Wildman–Crippen MR) is 116 cm³/mol. The number of nitrogens with zero attached hydrogens (tertiary/aromatic N) is 4. The molecule has 152 valence electrons. The number of fused-ring (bicyclic) bond motifs is 1. The van der Waals surface area contributed by atoms with E-state index in [9.17, 15) is 9.18 Å². The monoisotopic (exact) mass is 433 g/mol. The number of piperazine rings is 1. The van der Waals surface area contributed by atoms with E-state index in [4.69, 9.17) is 16.6 Å². The molecule has 1 amide bonds. The van der Waals surface area contributed by atoms with Crippen molar-refractivity contribution >= 4 is 50.6 Å². The van der Waals surface area contributed by atoms with Gasteiger partial charge in [-0.05, 0) is 44.7 Å². The quantitative estimate of drug-likeness (QED) is 0.673. The average molecular weight is 434 g/mol. The Morgan fingerprint density at radius 1 is 1.21 bits per heavy atom. The number of aromatic nitrogens is 2. The van der Waals surface area contributed by atoms with E-state index in [0.717, 1.165) is 47.8 Å². The van der Waals surface area contributed by atoms with E-state index in [2.05, 4.69) is 27.1 Å². The van der Waals surface area contributed by atoms with Gasteiger partial charge < -0.3 is 15.1 Å². The second-order valence-electron chi connectivity index (χ2n) is 7.20. The van der Waals surface area contributed by atoms with Gasteiger partial charge in [-0.3, -0.25) is 4.79 Å². The minimum absolute atomic E-state index is 0.0327. The normalized spacial score (nSPS) is 15.1. The van der Waals surface area contributed by atoms with Gasteiger partial charge in [0, 0.05) is 31.9 Å². The molecule has 2 aromatic heterocycles. The maximum atomic E-state index is 13.4. The Morgan fingerprint density at radius 2 is 1.93 bits per heavy atom. The lowest BCUT2D eigenvalue weighted by Crippen LogP contribution is -2.45. The molecule has 6 nitrogen and oxygen atoms in total. The Labute approximate surface area is 177 Å². The number of carbonyl (C=O) groups excluding carboxylic acids is 1. The van der Waals surface area contributed by atoms with Gasteiger partial charge in [0.15, 0.2) is 0 Å². The van der Waals surface area contributed by atoms with Gasteiger partial charge in [-0.1, -0.05) is 11.6 Å². The van der Waals surface area contributed by atoms with Gasteiger partial charge in [0.2, 0.25) is 0 Å². The van der Waals surface area contributed by atoms with Crippen LogP contribution >= 0.6 is 22.9 Å². The summed E-state index contributed by atoms with van der Waals surface area (Å²) in [6.45, 7) is 7.48. The number of amides is 1. The Kier molecular flexibility index (Phi) is 5.42. The van der Waals surface area contributed by atoms with Crippen LogP contribution in [0.3, 0.4) is 0 Å². The highest BCUT2D eigenvalue weighted by Crippen LogP contribution is 2.36. The van der Waals surface area contributed by atoms with Crippen molar-refractivity contribution < 1.29 is 9.18 Å². The predicted octanol–water partition coefficient (Wildman–Crippen LogP) is 4.10. The Balaban J connectivity index is 1.70. The minimum atomic E-state index is -0.523. The summed E-state index contributed by atoms with van der Waals surface area (Å²) in [4.78, 5) is 28.1. The molecule has 0 spiro atoms. The van der Waals surface area contributed by atoms with Crippen LogP contribution in [-0.2, 0) is 0 Å². The third-order valence-electron chi connectivity index (χ3n) is 5.07. The molecule has 1 N–H and O–H groups in total. The topological polar surface area (TPSA) is 61.4 Å².